The average Bonchev–Trinajstić information content (AvgIpc) is 2.44. The lowest BCUT2D eigenvalue weighted by molar-refractivity contribution is 0.475. The molecule has 0 bridgehead atoms. The number of hydrogen-bond acceptors (Lipinski definition) is 2. The lowest BCUT2D eigenvalue weighted by atomic mass is 9.99. The summed E-state index contributed by atoms with van der Waals surface area (Å²) in [6, 6.07) is 15.4. The molecule has 3 heteroatoms. The Hall–Kier alpha value is -2.06. The van der Waals surface area contributed by atoms with E-state index in [1.165, 1.54) is 16.5 Å². The Morgan fingerprint density at radius 2 is 1.50 bits per heavy atom. The maximum Gasteiger partial charge on any atom is 0.115 e. The van der Waals surface area contributed by atoms with Crippen molar-refractivity contribution in [2.75, 3.05) is 0 Å². The molecule has 0 spiro atoms. The van der Waals surface area contributed by atoms with Crippen molar-refractivity contribution in [1.82, 2.24) is 4.98 Å². The van der Waals surface area contributed by atoms with Gasteiger partial charge in [-0.3, -0.25) is 0 Å². The van der Waals surface area contributed by atoms with Crippen molar-refractivity contribution < 1.29 is 5.11 Å². The fraction of sp³-hybridized carbons (Fsp3) is 0.118. The number of para-hydroxylation sites is 1. The summed E-state index contributed by atoms with van der Waals surface area (Å²) in [6.45, 7) is 4.22. The number of fused-ring (bicyclic) bond motifs is 1. The number of pyridine rings is 1. The molecular formula is C17H16ClNO. The van der Waals surface area contributed by atoms with Crippen LogP contribution in [0.2, 0.25) is 0 Å². The van der Waals surface area contributed by atoms with Gasteiger partial charge in [-0.05, 0) is 55.3 Å². The molecule has 102 valence electrons. The van der Waals surface area contributed by atoms with Crippen LogP contribution in [-0.4, -0.2) is 10.1 Å². The van der Waals surface area contributed by atoms with Crippen LogP contribution in [0.15, 0.2) is 48.5 Å². The number of benzene rings is 2. The van der Waals surface area contributed by atoms with Gasteiger partial charge in [0.15, 0.2) is 0 Å². The molecule has 0 aliphatic carbocycles. The van der Waals surface area contributed by atoms with Crippen molar-refractivity contribution >= 4 is 23.3 Å². The first kappa shape index (κ1) is 14.4. The highest BCUT2D eigenvalue weighted by atomic mass is 35.5. The summed E-state index contributed by atoms with van der Waals surface area (Å²) < 4.78 is 0. The third-order valence-corrected chi connectivity index (χ3v) is 3.60. The molecule has 1 heterocycles. The number of phenols is 1. The molecule has 3 aromatic rings. The minimum Gasteiger partial charge on any atom is -0.508 e. The van der Waals surface area contributed by atoms with E-state index >= 15 is 0 Å². The van der Waals surface area contributed by atoms with Crippen molar-refractivity contribution in [3.8, 4) is 17.0 Å². The van der Waals surface area contributed by atoms with Gasteiger partial charge in [0.05, 0.1) is 11.2 Å². The summed E-state index contributed by atoms with van der Waals surface area (Å²) in [5, 5.41) is 10.6. The normalized spacial score (nSPS) is 10.3. The van der Waals surface area contributed by atoms with Gasteiger partial charge in [-0.25, -0.2) is 4.98 Å². The van der Waals surface area contributed by atoms with E-state index in [1.807, 2.05) is 30.3 Å². The summed E-state index contributed by atoms with van der Waals surface area (Å²) in [5.74, 6) is 0.277. The molecule has 1 aromatic heterocycles. The Labute approximate surface area is 124 Å². The van der Waals surface area contributed by atoms with Crippen molar-refractivity contribution in [3.05, 3.63) is 59.7 Å². The standard InChI is InChI=1S/C17H15NO.ClH/c1-11-12(2)17(13-7-9-14(19)10-8-13)18-16-6-4-3-5-15(11)16;/h3-10,19H,1-2H3;1H. The number of phenolic OH excluding ortho intramolecular Hbond substituents is 1. The molecule has 0 aliphatic heterocycles. The summed E-state index contributed by atoms with van der Waals surface area (Å²) >= 11 is 0. The number of halogens is 1. The minimum atomic E-state index is 0. The quantitative estimate of drug-likeness (QED) is 0.706. The molecule has 3 rings (SSSR count). The predicted molar refractivity (Wildman–Crippen MR) is 85.6 cm³/mol. The van der Waals surface area contributed by atoms with Crippen LogP contribution in [0.3, 0.4) is 0 Å². The van der Waals surface area contributed by atoms with Gasteiger partial charge in [0.1, 0.15) is 5.75 Å². The molecule has 2 aromatic carbocycles. The van der Waals surface area contributed by atoms with E-state index in [-0.39, 0.29) is 18.2 Å². The van der Waals surface area contributed by atoms with Crippen molar-refractivity contribution in [2.45, 2.75) is 13.8 Å². The number of hydrogen-bond donors (Lipinski definition) is 1. The first-order valence-electron chi connectivity index (χ1n) is 6.32. The Bertz CT molecular complexity index is 751. The summed E-state index contributed by atoms with van der Waals surface area (Å²) in [5.41, 5.74) is 5.46. The Morgan fingerprint density at radius 3 is 2.20 bits per heavy atom. The number of aromatic hydroxyl groups is 1. The molecule has 0 saturated heterocycles. The molecule has 20 heavy (non-hydrogen) atoms. The van der Waals surface area contributed by atoms with Gasteiger partial charge in [0.25, 0.3) is 0 Å². The number of aryl methyl sites for hydroxylation is 1. The Balaban J connectivity index is 0.00000147. The highest BCUT2D eigenvalue weighted by molar-refractivity contribution is 5.87. The van der Waals surface area contributed by atoms with E-state index in [0.717, 1.165) is 16.8 Å². The van der Waals surface area contributed by atoms with Crippen LogP contribution < -0.4 is 0 Å². The topological polar surface area (TPSA) is 33.1 Å². The second-order valence-electron chi connectivity index (χ2n) is 4.77. The molecule has 0 aliphatic rings. The highest BCUT2D eigenvalue weighted by Gasteiger charge is 2.09. The minimum absolute atomic E-state index is 0. The highest BCUT2D eigenvalue weighted by Crippen LogP contribution is 2.29. The van der Waals surface area contributed by atoms with Crippen molar-refractivity contribution in [1.29, 1.82) is 0 Å². The van der Waals surface area contributed by atoms with Crippen molar-refractivity contribution in [2.24, 2.45) is 0 Å². The Kier molecular flexibility index (Phi) is 3.96. The van der Waals surface area contributed by atoms with Gasteiger partial charge in [0.2, 0.25) is 0 Å². The van der Waals surface area contributed by atoms with E-state index in [4.69, 9.17) is 4.98 Å². The van der Waals surface area contributed by atoms with Crippen LogP contribution >= 0.6 is 12.4 Å². The van der Waals surface area contributed by atoms with E-state index < -0.39 is 0 Å². The van der Waals surface area contributed by atoms with Gasteiger partial charge in [-0.1, -0.05) is 18.2 Å². The van der Waals surface area contributed by atoms with Crippen LogP contribution in [0.5, 0.6) is 5.75 Å². The summed E-state index contributed by atoms with van der Waals surface area (Å²) in [6.07, 6.45) is 0. The zero-order valence-electron chi connectivity index (χ0n) is 11.4. The molecule has 0 saturated carbocycles. The molecule has 0 unspecified atom stereocenters. The van der Waals surface area contributed by atoms with Gasteiger partial charge in [-0.2, -0.15) is 0 Å². The smallest absolute Gasteiger partial charge is 0.115 e. The predicted octanol–water partition coefficient (Wildman–Crippen LogP) is 4.65. The monoisotopic (exact) mass is 285 g/mol. The van der Waals surface area contributed by atoms with Crippen molar-refractivity contribution in [3.63, 3.8) is 0 Å². The van der Waals surface area contributed by atoms with Crippen LogP contribution in [0, 0.1) is 13.8 Å². The fourth-order valence-electron chi connectivity index (χ4n) is 2.37. The molecule has 2 nitrogen and oxygen atoms in total. The second-order valence-corrected chi connectivity index (χ2v) is 4.77. The fourth-order valence-corrected chi connectivity index (χ4v) is 2.37. The lowest BCUT2D eigenvalue weighted by Crippen LogP contribution is -1.94. The van der Waals surface area contributed by atoms with E-state index in [9.17, 15) is 5.11 Å². The van der Waals surface area contributed by atoms with Crippen LogP contribution in [-0.2, 0) is 0 Å². The first-order valence-corrected chi connectivity index (χ1v) is 6.32. The summed E-state index contributed by atoms with van der Waals surface area (Å²) in [7, 11) is 0. The molecule has 0 fully saturated rings. The third-order valence-electron chi connectivity index (χ3n) is 3.60. The van der Waals surface area contributed by atoms with Gasteiger partial charge < -0.3 is 5.11 Å². The largest absolute Gasteiger partial charge is 0.508 e. The lowest BCUT2D eigenvalue weighted by Gasteiger charge is -2.11. The SMILES string of the molecule is Cc1c(-c2ccc(O)cc2)nc2ccccc2c1C.Cl. The van der Waals surface area contributed by atoms with E-state index in [0.29, 0.717) is 0 Å². The molecule has 1 N–H and O–H groups in total. The van der Waals surface area contributed by atoms with Crippen LogP contribution in [0.4, 0.5) is 0 Å². The van der Waals surface area contributed by atoms with Crippen LogP contribution in [0.1, 0.15) is 11.1 Å². The second kappa shape index (κ2) is 5.51. The third kappa shape index (κ3) is 2.35. The zero-order chi connectivity index (χ0) is 13.4. The van der Waals surface area contributed by atoms with Gasteiger partial charge >= 0.3 is 0 Å². The molecule has 0 atom stereocenters. The molecule has 0 amide bonds. The average molecular weight is 286 g/mol. The zero-order valence-corrected chi connectivity index (χ0v) is 12.2. The summed E-state index contributed by atoms with van der Waals surface area (Å²) in [4.78, 5) is 4.75. The first-order chi connectivity index (χ1) is 9.16. The molecular weight excluding hydrogens is 270 g/mol. The van der Waals surface area contributed by atoms with Gasteiger partial charge in [-0.15, -0.1) is 12.4 Å². The van der Waals surface area contributed by atoms with Crippen LogP contribution in [0.25, 0.3) is 22.2 Å². The van der Waals surface area contributed by atoms with Gasteiger partial charge in [0, 0.05) is 10.9 Å². The number of nitrogens with zero attached hydrogens (tertiary/aromatic N) is 1. The van der Waals surface area contributed by atoms with E-state index in [1.54, 1.807) is 12.1 Å². The number of rotatable bonds is 1. The van der Waals surface area contributed by atoms with E-state index in [2.05, 4.69) is 19.9 Å². The Morgan fingerprint density at radius 1 is 0.850 bits per heavy atom. The maximum atomic E-state index is 9.38. The maximum absolute atomic E-state index is 9.38. The molecule has 0 radical (unpaired) electrons. The number of aromatic nitrogens is 1.